The summed E-state index contributed by atoms with van der Waals surface area (Å²) in [4.78, 5) is 22.8. The van der Waals surface area contributed by atoms with Crippen LogP contribution in [0.25, 0.3) is 0 Å². The van der Waals surface area contributed by atoms with Crippen LogP contribution in [0.15, 0.2) is 18.2 Å². The van der Waals surface area contributed by atoms with Crippen LogP contribution in [-0.2, 0) is 14.3 Å². The number of carbonyl (C=O) groups is 2. The lowest BCUT2D eigenvalue weighted by atomic mass is 10.0. The summed E-state index contributed by atoms with van der Waals surface area (Å²) in [7, 11) is 0. The molecule has 0 saturated heterocycles. The summed E-state index contributed by atoms with van der Waals surface area (Å²) < 4.78 is 84.5. The predicted molar refractivity (Wildman–Crippen MR) is 90.2 cm³/mol. The molecular weight excluding hydrogens is 604 g/mol. The molecule has 5 nitrogen and oxygen atoms in total. The topological polar surface area (TPSA) is 72.8 Å². The summed E-state index contributed by atoms with van der Waals surface area (Å²) in [6.45, 7) is -1.92. The maximum atomic E-state index is 12.4. The molecule has 0 fully saturated rings. The first kappa shape index (κ1) is 23.2. The molecule has 0 atom stereocenters. The summed E-state index contributed by atoms with van der Waals surface area (Å²) in [5.41, 5.74) is -5.58. The normalized spacial score (nSPS) is 12.7. The molecule has 26 heavy (non-hydrogen) atoms. The Kier molecular flexibility index (Phi) is 7.54. The van der Waals surface area contributed by atoms with Crippen LogP contribution in [0.5, 0.6) is 0 Å². The van der Waals surface area contributed by atoms with Gasteiger partial charge in [-0.15, -0.1) is 0 Å². The van der Waals surface area contributed by atoms with Crippen LogP contribution in [0.3, 0.4) is 0 Å². The van der Waals surface area contributed by atoms with Crippen LogP contribution < -0.4 is 0 Å². The van der Waals surface area contributed by atoms with Gasteiger partial charge >= 0.3 is 29.9 Å². The van der Waals surface area contributed by atoms with E-state index < -0.39 is 43.1 Å². The van der Waals surface area contributed by atoms with Gasteiger partial charge in [-0.05, 0) is 63.4 Å². The third kappa shape index (κ3) is 5.11. The molecule has 146 valence electrons. The van der Waals surface area contributed by atoms with Crippen molar-refractivity contribution < 1.29 is 50.5 Å². The number of ether oxygens (including phenoxy) is 2. The van der Waals surface area contributed by atoms with E-state index in [2.05, 4.69) is 9.47 Å². The number of benzene rings is 1. The van der Waals surface area contributed by atoms with Crippen LogP contribution in [0.2, 0.25) is 0 Å². The highest BCUT2D eigenvalue weighted by molar-refractivity contribution is 14.1. The van der Waals surface area contributed by atoms with Gasteiger partial charge in [-0.1, -0.05) is 0 Å². The first-order valence-electron chi connectivity index (χ1n) is 6.37. The summed E-state index contributed by atoms with van der Waals surface area (Å²) in [5, 5.41) is 8.76. The fourth-order valence-electron chi connectivity index (χ4n) is 1.47. The second-order valence-corrected chi connectivity index (χ2v) is 6.93. The standard InChI is InChI=1S/C13H8F6I2O5/c14-12(15,16)11(24,13(17,18)19)10(23)26-4-3-25-9(22)6-1-2-7(20)8(21)5-6/h1-2,5,24H,3-4H2. The van der Waals surface area contributed by atoms with Gasteiger partial charge < -0.3 is 14.6 Å². The van der Waals surface area contributed by atoms with E-state index in [0.29, 0.717) is 3.57 Å². The van der Waals surface area contributed by atoms with Gasteiger partial charge in [0.05, 0.1) is 5.56 Å². The number of rotatable bonds is 5. The van der Waals surface area contributed by atoms with Gasteiger partial charge in [0.25, 0.3) is 0 Å². The van der Waals surface area contributed by atoms with E-state index in [9.17, 15) is 35.9 Å². The SMILES string of the molecule is O=C(OCCOC(=O)C(O)(C(F)(F)F)C(F)(F)F)c1ccc(I)c(I)c1. The lowest BCUT2D eigenvalue weighted by molar-refractivity contribution is -0.357. The lowest BCUT2D eigenvalue weighted by Crippen LogP contribution is -2.63. The van der Waals surface area contributed by atoms with Crippen LogP contribution in [0, 0.1) is 7.14 Å². The number of hydrogen-bond acceptors (Lipinski definition) is 5. The van der Waals surface area contributed by atoms with Gasteiger partial charge in [-0.3, -0.25) is 0 Å². The molecule has 0 amide bonds. The number of alkyl halides is 6. The van der Waals surface area contributed by atoms with Crippen molar-refractivity contribution in [3.63, 3.8) is 0 Å². The Morgan fingerprint density at radius 3 is 1.88 bits per heavy atom. The maximum Gasteiger partial charge on any atom is 0.437 e. The largest absolute Gasteiger partial charge is 0.459 e. The maximum absolute atomic E-state index is 12.4. The average Bonchev–Trinajstić information content (AvgIpc) is 2.50. The molecule has 1 N–H and O–H groups in total. The van der Waals surface area contributed by atoms with Gasteiger partial charge in [0.15, 0.2) is 0 Å². The van der Waals surface area contributed by atoms with E-state index in [1.807, 2.05) is 45.2 Å². The summed E-state index contributed by atoms with van der Waals surface area (Å²) >= 11 is 3.94. The molecule has 0 bridgehead atoms. The molecule has 0 heterocycles. The van der Waals surface area contributed by atoms with Crippen molar-refractivity contribution in [1.82, 2.24) is 0 Å². The summed E-state index contributed by atoms with van der Waals surface area (Å²) in [6.07, 6.45) is -12.7. The molecular formula is C13H8F6I2O5. The zero-order valence-corrected chi connectivity index (χ0v) is 16.6. The highest BCUT2D eigenvalue weighted by atomic mass is 127. The minimum absolute atomic E-state index is 0.0863. The minimum atomic E-state index is -6.34. The summed E-state index contributed by atoms with van der Waals surface area (Å²) in [5.74, 6) is -3.88. The first-order chi connectivity index (χ1) is 11.7. The third-order valence-electron chi connectivity index (χ3n) is 2.82. The molecule has 0 saturated carbocycles. The Balaban J connectivity index is 2.65. The molecule has 1 aromatic rings. The van der Waals surface area contributed by atoms with Crippen LogP contribution >= 0.6 is 45.2 Å². The fraction of sp³-hybridized carbons (Fsp3) is 0.385. The highest BCUT2D eigenvalue weighted by Gasteiger charge is 2.76. The second kappa shape index (κ2) is 8.45. The first-order valence-corrected chi connectivity index (χ1v) is 8.52. The number of halogens is 8. The zero-order chi connectivity index (χ0) is 20.3. The Labute approximate surface area is 169 Å². The fourth-order valence-corrected chi connectivity index (χ4v) is 2.32. The van der Waals surface area contributed by atoms with Crippen molar-refractivity contribution in [2.24, 2.45) is 0 Å². The van der Waals surface area contributed by atoms with E-state index in [1.165, 1.54) is 12.1 Å². The second-order valence-electron chi connectivity index (χ2n) is 4.61. The summed E-state index contributed by atoms with van der Waals surface area (Å²) in [6, 6.07) is 4.43. The van der Waals surface area contributed by atoms with Gasteiger partial charge in [0.2, 0.25) is 0 Å². The van der Waals surface area contributed by atoms with Crippen molar-refractivity contribution >= 4 is 57.1 Å². The van der Waals surface area contributed by atoms with Crippen molar-refractivity contribution in [2.75, 3.05) is 13.2 Å². The van der Waals surface area contributed by atoms with Crippen molar-refractivity contribution in [2.45, 2.75) is 18.0 Å². The molecule has 0 unspecified atom stereocenters. The monoisotopic (exact) mass is 612 g/mol. The van der Waals surface area contributed by atoms with Crippen LogP contribution in [0.4, 0.5) is 26.3 Å². The molecule has 0 radical (unpaired) electrons. The molecule has 0 aliphatic heterocycles. The smallest absolute Gasteiger partial charge is 0.437 e. The number of hydrogen-bond donors (Lipinski definition) is 1. The molecule has 13 heteroatoms. The Morgan fingerprint density at radius 1 is 0.923 bits per heavy atom. The minimum Gasteiger partial charge on any atom is -0.459 e. The van der Waals surface area contributed by atoms with Crippen molar-refractivity contribution in [1.29, 1.82) is 0 Å². The lowest BCUT2D eigenvalue weighted by Gasteiger charge is -2.29. The van der Waals surface area contributed by atoms with Crippen molar-refractivity contribution in [3.05, 3.63) is 30.9 Å². The van der Waals surface area contributed by atoms with Gasteiger partial charge in [-0.25, -0.2) is 9.59 Å². The van der Waals surface area contributed by atoms with E-state index in [-0.39, 0.29) is 5.56 Å². The highest BCUT2D eigenvalue weighted by Crippen LogP contribution is 2.43. The molecule has 1 aromatic carbocycles. The van der Waals surface area contributed by atoms with E-state index >= 15 is 0 Å². The van der Waals surface area contributed by atoms with E-state index in [4.69, 9.17) is 5.11 Å². The van der Waals surface area contributed by atoms with Crippen LogP contribution in [0.1, 0.15) is 10.4 Å². The van der Waals surface area contributed by atoms with Gasteiger partial charge in [0, 0.05) is 7.14 Å². The Bertz CT molecular complexity index is 675. The number of aliphatic hydroxyl groups is 1. The number of carbonyl (C=O) groups excluding carboxylic acids is 2. The molecule has 0 spiro atoms. The van der Waals surface area contributed by atoms with E-state index in [1.54, 1.807) is 6.07 Å². The van der Waals surface area contributed by atoms with Gasteiger partial charge in [-0.2, -0.15) is 26.3 Å². The quantitative estimate of drug-likeness (QED) is 0.239. The zero-order valence-electron chi connectivity index (χ0n) is 12.3. The molecule has 1 rings (SSSR count). The Morgan fingerprint density at radius 2 is 1.42 bits per heavy atom. The number of esters is 2. The average molecular weight is 612 g/mol. The van der Waals surface area contributed by atoms with Crippen LogP contribution in [-0.4, -0.2) is 48.2 Å². The third-order valence-corrected chi connectivity index (χ3v) is 5.69. The Hall–Kier alpha value is -0.840. The molecule has 0 aliphatic rings. The van der Waals surface area contributed by atoms with Gasteiger partial charge in [0.1, 0.15) is 13.2 Å². The van der Waals surface area contributed by atoms with E-state index in [0.717, 1.165) is 3.57 Å². The predicted octanol–water partition coefficient (Wildman–Crippen LogP) is 3.45. The van der Waals surface area contributed by atoms with Crippen molar-refractivity contribution in [3.8, 4) is 0 Å². The molecule has 0 aromatic heterocycles. The molecule has 0 aliphatic carbocycles.